The summed E-state index contributed by atoms with van der Waals surface area (Å²) in [6.07, 6.45) is 9.21. The van der Waals surface area contributed by atoms with Crippen LogP contribution in [0.15, 0.2) is 0 Å². The number of hydrogen-bond acceptors (Lipinski definition) is 10. The highest BCUT2D eigenvalue weighted by molar-refractivity contribution is 6.28. The first kappa shape index (κ1) is 27.2. The van der Waals surface area contributed by atoms with Crippen LogP contribution in [0.5, 0.6) is 0 Å². The van der Waals surface area contributed by atoms with Gasteiger partial charge in [0.15, 0.2) is 0 Å². The average Bonchev–Trinajstić information content (AvgIpc) is 3.26. The van der Waals surface area contributed by atoms with Gasteiger partial charge in [-0.15, -0.1) is 6.42 Å². The minimum absolute atomic E-state index is 0.0924. The van der Waals surface area contributed by atoms with Crippen molar-refractivity contribution in [2.45, 2.75) is 38.5 Å². The molecule has 1 fully saturated rings. The molecule has 1 saturated heterocycles. The maximum Gasteiger partial charge on any atom is 0.226 e. The molecule has 0 radical (unpaired) electrons. The summed E-state index contributed by atoms with van der Waals surface area (Å²) >= 11 is 6.09. The summed E-state index contributed by atoms with van der Waals surface area (Å²) in [5, 5.41) is 14.3. The van der Waals surface area contributed by atoms with Gasteiger partial charge in [0.1, 0.15) is 24.5 Å². The zero-order valence-corrected chi connectivity index (χ0v) is 19.9. The third kappa shape index (κ3) is 10.6. The lowest BCUT2D eigenvalue weighted by Crippen LogP contribution is -2.22. The lowest BCUT2D eigenvalue weighted by Gasteiger charge is -2.18. The van der Waals surface area contributed by atoms with E-state index in [0.29, 0.717) is 76.6 Å². The molecular weight excluding hydrogens is 450 g/mol. The Bertz CT molecular complexity index is 749. The Morgan fingerprint density at radius 3 is 2.30 bits per heavy atom. The molecule has 0 amide bonds. The Morgan fingerprint density at radius 1 is 1.06 bits per heavy atom. The molecule has 11 heteroatoms. The number of halogens is 1. The van der Waals surface area contributed by atoms with Crippen molar-refractivity contribution < 1.29 is 23.7 Å². The van der Waals surface area contributed by atoms with Gasteiger partial charge in [-0.2, -0.15) is 9.97 Å². The van der Waals surface area contributed by atoms with Crippen LogP contribution in [0.1, 0.15) is 31.7 Å². The number of hydrogen-bond donors (Lipinski definition) is 3. The molecule has 10 nitrogen and oxygen atoms in total. The van der Waals surface area contributed by atoms with Crippen LogP contribution >= 0.6 is 11.6 Å². The molecule has 0 saturated carbocycles. The van der Waals surface area contributed by atoms with Crippen molar-refractivity contribution in [3.8, 4) is 12.3 Å². The summed E-state index contributed by atoms with van der Waals surface area (Å²) in [4.78, 5) is 8.44. The maximum absolute atomic E-state index is 7.79. The molecule has 1 aliphatic rings. The number of nitrogens with one attached hydrogen (secondary N) is 3. The predicted molar refractivity (Wildman–Crippen MR) is 127 cm³/mol. The molecule has 2 heterocycles. The monoisotopic (exact) mass is 483 g/mol. The minimum Gasteiger partial charge on any atom is -0.377 e. The predicted octanol–water partition coefficient (Wildman–Crippen LogP) is 2.57. The minimum atomic E-state index is -0.150. The molecule has 0 aliphatic carbocycles. The summed E-state index contributed by atoms with van der Waals surface area (Å²) in [6.45, 7) is 6.20. The zero-order valence-electron chi connectivity index (χ0n) is 19.1. The fourth-order valence-corrected chi connectivity index (χ4v) is 3.29. The molecule has 1 aromatic heterocycles. The molecule has 0 aromatic carbocycles. The summed E-state index contributed by atoms with van der Waals surface area (Å²) in [5.41, 5.74) is 0.524. The van der Waals surface area contributed by atoms with Gasteiger partial charge in [0.2, 0.25) is 5.28 Å². The number of anilines is 2. The Hall–Kier alpha value is -2.00. The second-order valence-corrected chi connectivity index (χ2v) is 7.48. The van der Waals surface area contributed by atoms with Gasteiger partial charge in [-0.3, -0.25) is 0 Å². The Balaban J connectivity index is 1.61. The van der Waals surface area contributed by atoms with Crippen molar-refractivity contribution in [1.82, 2.24) is 9.97 Å². The van der Waals surface area contributed by atoms with E-state index in [1.807, 2.05) is 0 Å². The van der Waals surface area contributed by atoms with E-state index >= 15 is 0 Å². The van der Waals surface area contributed by atoms with E-state index in [1.165, 1.54) is 6.21 Å². The molecule has 2 rings (SSSR count). The molecule has 1 aliphatic heterocycles. The zero-order chi connectivity index (χ0) is 23.7. The van der Waals surface area contributed by atoms with Gasteiger partial charge in [0, 0.05) is 12.8 Å². The second kappa shape index (κ2) is 16.6. The summed E-state index contributed by atoms with van der Waals surface area (Å²) in [7, 11) is 0. The average molecular weight is 484 g/mol. The Kier molecular flexibility index (Phi) is 13.7. The van der Waals surface area contributed by atoms with E-state index in [1.54, 1.807) is 0 Å². The fourth-order valence-electron chi connectivity index (χ4n) is 3.12. The van der Waals surface area contributed by atoms with E-state index in [9.17, 15) is 0 Å². The molecule has 2 atom stereocenters. The van der Waals surface area contributed by atoms with E-state index in [-0.39, 0.29) is 17.6 Å². The molecule has 184 valence electrons. The molecule has 0 bridgehead atoms. The molecular formula is C22H34ClN5O5. The smallest absolute Gasteiger partial charge is 0.226 e. The lowest BCUT2D eigenvalue weighted by molar-refractivity contribution is 0.00248. The van der Waals surface area contributed by atoms with Crippen LogP contribution in [-0.4, -0.2) is 87.9 Å². The van der Waals surface area contributed by atoms with Gasteiger partial charge < -0.3 is 39.7 Å². The van der Waals surface area contributed by atoms with E-state index in [2.05, 4.69) is 33.4 Å². The van der Waals surface area contributed by atoms with Crippen LogP contribution in [0.25, 0.3) is 0 Å². The van der Waals surface area contributed by atoms with Crippen LogP contribution in [0.2, 0.25) is 5.28 Å². The highest BCUT2D eigenvalue weighted by Gasteiger charge is 2.25. The topological polar surface area (TPSA) is 120 Å². The van der Waals surface area contributed by atoms with Crippen LogP contribution in [0.4, 0.5) is 11.6 Å². The van der Waals surface area contributed by atoms with E-state index in [4.69, 9.17) is 47.1 Å². The quantitative estimate of drug-likeness (QED) is 0.125. The van der Waals surface area contributed by atoms with Gasteiger partial charge >= 0.3 is 0 Å². The summed E-state index contributed by atoms with van der Waals surface area (Å²) in [6, 6.07) is 0. The Morgan fingerprint density at radius 2 is 1.70 bits per heavy atom. The number of terminal acetylenes is 1. The number of ether oxygens (including phenoxy) is 5. The van der Waals surface area contributed by atoms with Gasteiger partial charge in [0.05, 0.1) is 57.9 Å². The molecule has 3 N–H and O–H groups in total. The normalized spacial score (nSPS) is 17.6. The van der Waals surface area contributed by atoms with Crippen molar-refractivity contribution in [3.63, 3.8) is 0 Å². The van der Waals surface area contributed by atoms with Crippen molar-refractivity contribution in [3.05, 3.63) is 10.8 Å². The summed E-state index contributed by atoms with van der Waals surface area (Å²) < 4.78 is 27.4. The van der Waals surface area contributed by atoms with Gasteiger partial charge in [-0.1, -0.05) is 12.8 Å². The second-order valence-electron chi connectivity index (χ2n) is 7.15. The van der Waals surface area contributed by atoms with Gasteiger partial charge in [-0.05, 0) is 30.9 Å². The van der Waals surface area contributed by atoms with Gasteiger partial charge in [-0.25, -0.2) is 0 Å². The third-order valence-corrected chi connectivity index (χ3v) is 4.93. The van der Waals surface area contributed by atoms with Crippen molar-refractivity contribution in [2.24, 2.45) is 0 Å². The molecule has 2 unspecified atom stereocenters. The summed E-state index contributed by atoms with van der Waals surface area (Å²) in [5.74, 6) is 3.35. The fraction of sp³-hybridized carbons (Fsp3) is 0.682. The first-order valence-corrected chi connectivity index (χ1v) is 11.5. The highest BCUT2D eigenvalue weighted by Crippen LogP contribution is 2.27. The molecule has 1 aromatic rings. The van der Waals surface area contributed by atoms with E-state index in [0.717, 1.165) is 19.3 Å². The van der Waals surface area contributed by atoms with Crippen LogP contribution in [-0.2, 0) is 23.7 Å². The van der Waals surface area contributed by atoms with Crippen LogP contribution < -0.4 is 10.6 Å². The number of nitrogens with zero attached hydrogens (tertiary/aromatic N) is 2. The largest absolute Gasteiger partial charge is 0.377 e. The standard InChI is InChI=1S/C22H34ClN5O5/c1-3-8-29-10-12-31-14-15-32-13-11-30-9-7-25-20-18(16-24)21(28-22(23)27-20)26-19-6-5-17(4-2)33-19/h1,16-17,19,24H,4-15H2,2H3,(H2,25,26,27,28). The number of rotatable bonds is 18. The first-order chi connectivity index (χ1) is 16.2. The molecule has 33 heavy (non-hydrogen) atoms. The van der Waals surface area contributed by atoms with Crippen molar-refractivity contribution >= 4 is 29.5 Å². The SMILES string of the molecule is C#CCOCCOCCOCCOCCNc1nc(Cl)nc(NC2CCC(CC)O2)c1C=N. The Labute approximate surface area is 200 Å². The van der Waals surface area contributed by atoms with Gasteiger partial charge in [0.25, 0.3) is 0 Å². The molecule has 0 spiro atoms. The van der Waals surface area contributed by atoms with Crippen molar-refractivity contribution in [2.75, 3.05) is 70.0 Å². The van der Waals surface area contributed by atoms with Crippen LogP contribution in [0, 0.1) is 17.8 Å². The van der Waals surface area contributed by atoms with E-state index < -0.39 is 0 Å². The van der Waals surface area contributed by atoms with Crippen molar-refractivity contribution in [1.29, 1.82) is 5.41 Å². The lowest BCUT2D eigenvalue weighted by atomic mass is 10.2. The number of aromatic nitrogens is 2. The highest BCUT2D eigenvalue weighted by atomic mass is 35.5. The maximum atomic E-state index is 7.79. The third-order valence-electron chi connectivity index (χ3n) is 4.76. The van der Waals surface area contributed by atoms with Crippen LogP contribution in [0.3, 0.4) is 0 Å². The first-order valence-electron chi connectivity index (χ1n) is 11.2.